The maximum atomic E-state index is 11.1. The summed E-state index contributed by atoms with van der Waals surface area (Å²) in [5.41, 5.74) is 1.60. The van der Waals surface area contributed by atoms with E-state index in [1.807, 2.05) is 18.2 Å². The predicted molar refractivity (Wildman–Crippen MR) is 95.4 cm³/mol. The number of rotatable bonds is 5. The Morgan fingerprint density at radius 2 is 1.79 bits per heavy atom. The van der Waals surface area contributed by atoms with Crippen LogP contribution < -0.4 is 9.47 Å². The second kappa shape index (κ2) is 6.52. The molecule has 3 rings (SSSR count). The van der Waals surface area contributed by atoms with Gasteiger partial charge in [0.05, 0.1) is 26.3 Å². The molecule has 7 heteroatoms. The van der Waals surface area contributed by atoms with Crippen LogP contribution in [-0.4, -0.2) is 23.9 Å². The molecule has 0 radical (unpaired) electrons. The SMILES string of the molecule is COc1cc(Cn2c(O)c(N=O)c3ccc(Br)cc32)cc(OC)c1. The van der Waals surface area contributed by atoms with E-state index in [1.165, 1.54) is 0 Å². The Bertz CT molecular complexity index is 898. The third kappa shape index (κ3) is 2.82. The highest BCUT2D eigenvalue weighted by molar-refractivity contribution is 9.10. The summed E-state index contributed by atoms with van der Waals surface area (Å²) in [6.45, 7) is 0.335. The number of aromatic nitrogens is 1. The molecule has 1 aromatic heterocycles. The van der Waals surface area contributed by atoms with E-state index < -0.39 is 0 Å². The lowest BCUT2D eigenvalue weighted by Gasteiger charge is -2.11. The molecule has 0 aliphatic rings. The lowest BCUT2D eigenvalue weighted by atomic mass is 10.2. The summed E-state index contributed by atoms with van der Waals surface area (Å²) in [5, 5.41) is 14.0. The van der Waals surface area contributed by atoms with Crippen molar-refractivity contribution in [2.45, 2.75) is 6.54 Å². The molecule has 0 unspecified atom stereocenters. The van der Waals surface area contributed by atoms with E-state index in [4.69, 9.17) is 9.47 Å². The van der Waals surface area contributed by atoms with Gasteiger partial charge in [-0.3, -0.25) is 0 Å². The third-order valence-electron chi connectivity index (χ3n) is 3.82. The van der Waals surface area contributed by atoms with Crippen LogP contribution in [0.4, 0.5) is 5.69 Å². The minimum absolute atomic E-state index is 0.0346. The molecule has 1 heterocycles. The van der Waals surface area contributed by atoms with Gasteiger partial charge in [-0.1, -0.05) is 15.9 Å². The smallest absolute Gasteiger partial charge is 0.222 e. The highest BCUT2D eigenvalue weighted by Crippen LogP contribution is 2.40. The van der Waals surface area contributed by atoms with Crippen LogP contribution in [0.15, 0.2) is 46.0 Å². The quantitative estimate of drug-likeness (QED) is 0.647. The Hall–Kier alpha value is -2.54. The minimum Gasteiger partial charge on any atom is -0.497 e. The molecular weight excluding hydrogens is 376 g/mol. The van der Waals surface area contributed by atoms with Gasteiger partial charge in [0.25, 0.3) is 0 Å². The second-order valence-electron chi connectivity index (χ2n) is 5.23. The first-order valence-corrected chi connectivity index (χ1v) is 7.92. The molecule has 24 heavy (non-hydrogen) atoms. The van der Waals surface area contributed by atoms with Gasteiger partial charge in [-0.25, -0.2) is 0 Å². The lowest BCUT2D eigenvalue weighted by molar-refractivity contribution is 0.392. The molecule has 0 fully saturated rings. The molecule has 0 aliphatic carbocycles. The zero-order chi connectivity index (χ0) is 17.3. The van der Waals surface area contributed by atoms with Crippen molar-refractivity contribution in [1.29, 1.82) is 0 Å². The summed E-state index contributed by atoms with van der Waals surface area (Å²) in [6, 6.07) is 10.8. The average molecular weight is 391 g/mol. The van der Waals surface area contributed by atoms with Crippen molar-refractivity contribution < 1.29 is 14.6 Å². The van der Waals surface area contributed by atoms with E-state index >= 15 is 0 Å². The Kier molecular flexibility index (Phi) is 4.44. The summed E-state index contributed by atoms with van der Waals surface area (Å²) < 4.78 is 13.0. The van der Waals surface area contributed by atoms with Gasteiger partial charge >= 0.3 is 0 Å². The Morgan fingerprint density at radius 1 is 1.12 bits per heavy atom. The molecule has 3 aromatic rings. The summed E-state index contributed by atoms with van der Waals surface area (Å²) in [4.78, 5) is 11.1. The van der Waals surface area contributed by atoms with Crippen LogP contribution in [0.3, 0.4) is 0 Å². The molecule has 2 aromatic carbocycles. The largest absolute Gasteiger partial charge is 0.497 e. The minimum atomic E-state index is -0.167. The number of fused-ring (bicyclic) bond motifs is 1. The Balaban J connectivity index is 2.15. The summed E-state index contributed by atoms with van der Waals surface area (Å²) in [6.07, 6.45) is 0. The molecule has 6 nitrogen and oxygen atoms in total. The average Bonchev–Trinajstić information content (AvgIpc) is 2.85. The summed E-state index contributed by atoms with van der Waals surface area (Å²) in [5.74, 6) is 1.13. The number of nitrogens with zero attached hydrogens (tertiary/aromatic N) is 2. The summed E-state index contributed by atoms with van der Waals surface area (Å²) >= 11 is 3.41. The Labute approximate surface area is 146 Å². The van der Waals surface area contributed by atoms with Gasteiger partial charge < -0.3 is 19.1 Å². The lowest BCUT2D eigenvalue weighted by Crippen LogP contribution is -2.00. The fourth-order valence-corrected chi connectivity index (χ4v) is 3.03. The predicted octanol–water partition coefficient (Wildman–Crippen LogP) is 4.57. The normalized spacial score (nSPS) is 10.8. The molecular formula is C17H15BrN2O4. The number of nitroso groups, excluding NO2 is 1. The van der Waals surface area contributed by atoms with Crippen LogP contribution in [0.5, 0.6) is 17.4 Å². The van der Waals surface area contributed by atoms with Gasteiger partial charge in [0.15, 0.2) is 5.69 Å². The molecule has 1 N–H and O–H groups in total. The monoisotopic (exact) mass is 390 g/mol. The summed E-state index contributed by atoms with van der Waals surface area (Å²) in [7, 11) is 3.15. The van der Waals surface area contributed by atoms with Crippen molar-refractivity contribution in [3.05, 3.63) is 51.3 Å². The molecule has 0 amide bonds. The topological polar surface area (TPSA) is 73.0 Å². The van der Waals surface area contributed by atoms with Crippen molar-refractivity contribution >= 4 is 32.5 Å². The number of methoxy groups -OCH3 is 2. The number of ether oxygens (including phenoxy) is 2. The van der Waals surface area contributed by atoms with Gasteiger partial charge in [-0.15, -0.1) is 4.91 Å². The third-order valence-corrected chi connectivity index (χ3v) is 4.31. The van der Waals surface area contributed by atoms with Crippen molar-refractivity contribution in [3.63, 3.8) is 0 Å². The number of benzene rings is 2. The van der Waals surface area contributed by atoms with E-state index in [2.05, 4.69) is 21.1 Å². The van der Waals surface area contributed by atoms with Gasteiger partial charge in [-0.2, -0.15) is 0 Å². The van der Waals surface area contributed by atoms with Crippen LogP contribution in [-0.2, 0) is 6.54 Å². The van der Waals surface area contributed by atoms with E-state index in [9.17, 15) is 10.0 Å². The van der Waals surface area contributed by atoms with Crippen LogP contribution >= 0.6 is 15.9 Å². The maximum Gasteiger partial charge on any atom is 0.222 e. The van der Waals surface area contributed by atoms with Gasteiger partial charge in [0.1, 0.15) is 11.5 Å². The van der Waals surface area contributed by atoms with Gasteiger partial charge in [0, 0.05) is 15.9 Å². The Morgan fingerprint density at radius 3 is 2.38 bits per heavy atom. The molecule has 0 aliphatic heterocycles. The highest BCUT2D eigenvalue weighted by atomic mass is 79.9. The van der Waals surface area contributed by atoms with Crippen molar-refractivity contribution in [1.82, 2.24) is 4.57 Å². The second-order valence-corrected chi connectivity index (χ2v) is 6.15. The fourth-order valence-electron chi connectivity index (χ4n) is 2.68. The number of hydrogen-bond donors (Lipinski definition) is 1. The molecule has 0 atom stereocenters. The number of halogens is 1. The zero-order valence-corrected chi connectivity index (χ0v) is 14.7. The van der Waals surface area contributed by atoms with Gasteiger partial charge in [-0.05, 0) is 41.1 Å². The van der Waals surface area contributed by atoms with Crippen LogP contribution in [0.25, 0.3) is 10.9 Å². The first-order chi connectivity index (χ1) is 11.6. The fraction of sp³-hybridized carbons (Fsp3) is 0.176. The molecule has 0 saturated heterocycles. The maximum absolute atomic E-state index is 11.1. The van der Waals surface area contributed by atoms with E-state index in [1.54, 1.807) is 37.0 Å². The highest BCUT2D eigenvalue weighted by Gasteiger charge is 2.18. The van der Waals surface area contributed by atoms with Crippen molar-refractivity contribution in [2.75, 3.05) is 14.2 Å². The first-order valence-electron chi connectivity index (χ1n) is 7.13. The molecule has 0 spiro atoms. The first kappa shape index (κ1) is 16.3. The van der Waals surface area contributed by atoms with E-state index in [-0.39, 0.29) is 11.6 Å². The van der Waals surface area contributed by atoms with Crippen molar-refractivity contribution in [2.24, 2.45) is 5.18 Å². The zero-order valence-electron chi connectivity index (χ0n) is 13.1. The standard InChI is InChI=1S/C17H15BrN2O4/c1-23-12-5-10(6-13(8-12)24-2)9-20-15-7-11(18)3-4-14(15)16(19-22)17(20)21/h3-8,21H,9H2,1-2H3. The molecule has 124 valence electrons. The molecule has 0 bridgehead atoms. The van der Waals surface area contributed by atoms with Crippen LogP contribution in [0.1, 0.15) is 5.56 Å². The van der Waals surface area contributed by atoms with Crippen LogP contribution in [0.2, 0.25) is 0 Å². The van der Waals surface area contributed by atoms with Crippen LogP contribution in [0, 0.1) is 4.91 Å². The van der Waals surface area contributed by atoms with Crippen molar-refractivity contribution in [3.8, 4) is 17.4 Å². The molecule has 0 saturated carbocycles. The van der Waals surface area contributed by atoms with Gasteiger partial charge in [0.2, 0.25) is 5.88 Å². The number of aromatic hydroxyl groups is 1. The van der Waals surface area contributed by atoms with E-state index in [0.29, 0.717) is 28.9 Å². The van der Waals surface area contributed by atoms with E-state index in [0.717, 1.165) is 10.0 Å². The number of hydrogen-bond acceptors (Lipinski definition) is 5.